The zero-order chi connectivity index (χ0) is 19.7. The molecule has 28 heavy (non-hydrogen) atoms. The summed E-state index contributed by atoms with van der Waals surface area (Å²) in [6.07, 6.45) is 3.36. The van der Waals surface area contributed by atoms with Gasteiger partial charge in [-0.05, 0) is 44.4 Å². The number of urea groups is 1. The zero-order valence-electron chi connectivity index (χ0n) is 16.1. The van der Waals surface area contributed by atoms with Gasteiger partial charge in [-0.3, -0.25) is 9.59 Å². The fourth-order valence-corrected chi connectivity index (χ4v) is 4.84. The van der Waals surface area contributed by atoms with Gasteiger partial charge in [0.15, 0.2) is 0 Å². The topological polar surface area (TPSA) is 73.0 Å². The quantitative estimate of drug-likeness (QED) is 0.783. The molecule has 0 spiro atoms. The number of piperidine rings is 1. The number of amides is 4. The Hall–Kier alpha value is -2.22. The molecule has 2 fully saturated rings. The maximum absolute atomic E-state index is 12.9. The summed E-state index contributed by atoms with van der Waals surface area (Å²) in [4.78, 5) is 44.0. The highest BCUT2D eigenvalue weighted by Crippen LogP contribution is 2.36. The Balaban J connectivity index is 1.37. The van der Waals surface area contributed by atoms with Gasteiger partial charge in [0.1, 0.15) is 0 Å². The lowest BCUT2D eigenvalue weighted by atomic mass is 10.1. The predicted molar refractivity (Wildman–Crippen MR) is 109 cm³/mol. The first-order chi connectivity index (χ1) is 13.5. The van der Waals surface area contributed by atoms with Crippen LogP contribution in [0.3, 0.4) is 0 Å². The lowest BCUT2D eigenvalue weighted by Gasteiger charge is -2.38. The van der Waals surface area contributed by atoms with E-state index in [0.29, 0.717) is 37.4 Å². The monoisotopic (exact) mass is 402 g/mol. The smallest absolute Gasteiger partial charge is 0.320 e. The number of likely N-dealkylation sites (tertiary alicyclic amines) is 1. The van der Waals surface area contributed by atoms with Crippen molar-refractivity contribution in [3.8, 4) is 0 Å². The number of hydrogen-bond acceptors (Lipinski definition) is 4. The molecule has 0 saturated carbocycles. The fraction of sp³-hybridized carbons (Fsp3) is 0.550. The van der Waals surface area contributed by atoms with Crippen LogP contribution in [0.1, 0.15) is 36.5 Å². The Morgan fingerprint density at radius 1 is 0.964 bits per heavy atom. The third-order valence-electron chi connectivity index (χ3n) is 5.62. The second kappa shape index (κ2) is 8.03. The summed E-state index contributed by atoms with van der Waals surface area (Å²) in [5, 5.41) is 2.75. The van der Waals surface area contributed by atoms with Crippen molar-refractivity contribution < 1.29 is 14.4 Å². The summed E-state index contributed by atoms with van der Waals surface area (Å²) >= 11 is 1.51. The number of hydrogen-bond donors (Lipinski definition) is 1. The first-order valence-corrected chi connectivity index (χ1v) is 10.9. The van der Waals surface area contributed by atoms with Crippen LogP contribution in [-0.4, -0.2) is 77.1 Å². The molecule has 8 heteroatoms. The van der Waals surface area contributed by atoms with Crippen LogP contribution in [0.25, 0.3) is 0 Å². The minimum Gasteiger partial charge on any atom is -0.335 e. The number of fused-ring (bicyclic) bond motifs is 1. The van der Waals surface area contributed by atoms with Crippen molar-refractivity contribution in [3.05, 3.63) is 23.8 Å². The Morgan fingerprint density at radius 3 is 2.32 bits per heavy atom. The van der Waals surface area contributed by atoms with Crippen LogP contribution in [0.5, 0.6) is 0 Å². The second-order valence-electron chi connectivity index (χ2n) is 7.57. The summed E-state index contributed by atoms with van der Waals surface area (Å²) in [5.74, 6) is -0.0855. The molecule has 3 aliphatic rings. The van der Waals surface area contributed by atoms with Crippen LogP contribution in [0, 0.1) is 0 Å². The normalized spacial score (nSPS) is 22.5. The Kier molecular flexibility index (Phi) is 5.48. The van der Waals surface area contributed by atoms with Gasteiger partial charge in [0.25, 0.3) is 5.91 Å². The lowest BCUT2D eigenvalue weighted by Crippen LogP contribution is -2.54. The molecule has 0 aromatic heterocycles. The minimum atomic E-state index is -0.125. The van der Waals surface area contributed by atoms with Gasteiger partial charge in [0.2, 0.25) is 5.91 Å². The average Bonchev–Trinajstić information content (AvgIpc) is 2.74. The van der Waals surface area contributed by atoms with Crippen LogP contribution in [-0.2, 0) is 4.79 Å². The zero-order valence-corrected chi connectivity index (χ0v) is 17.0. The molecule has 150 valence electrons. The third-order valence-corrected chi connectivity index (χ3v) is 6.80. The van der Waals surface area contributed by atoms with Crippen LogP contribution in [0.2, 0.25) is 0 Å². The third kappa shape index (κ3) is 3.83. The molecule has 1 aromatic rings. The number of carbonyl (C=O) groups excluding carboxylic acids is 3. The van der Waals surface area contributed by atoms with Crippen molar-refractivity contribution in [2.45, 2.75) is 36.3 Å². The van der Waals surface area contributed by atoms with Crippen LogP contribution < -0.4 is 5.32 Å². The molecular formula is C20H26N4O3S. The number of nitrogens with zero attached hydrogens (tertiary/aromatic N) is 3. The van der Waals surface area contributed by atoms with E-state index in [1.807, 2.05) is 28.9 Å². The Bertz CT molecular complexity index is 786. The SMILES string of the molecule is CC1Sc2ccc(C(=O)N3CCN(C(=O)N4CCCCC4)CC3)cc2NC1=O. The van der Waals surface area contributed by atoms with Crippen molar-refractivity contribution in [3.63, 3.8) is 0 Å². The predicted octanol–water partition coefficient (Wildman–Crippen LogP) is 2.48. The number of benzene rings is 1. The number of carbonyl (C=O) groups is 3. The van der Waals surface area contributed by atoms with E-state index in [0.717, 1.165) is 30.8 Å². The van der Waals surface area contributed by atoms with Crippen LogP contribution in [0.4, 0.5) is 10.5 Å². The molecule has 4 rings (SSSR count). The minimum absolute atomic E-state index is 0.0352. The average molecular weight is 403 g/mol. The van der Waals surface area contributed by atoms with Gasteiger partial charge in [-0.1, -0.05) is 0 Å². The van der Waals surface area contributed by atoms with Crippen LogP contribution in [0.15, 0.2) is 23.1 Å². The van der Waals surface area contributed by atoms with E-state index in [1.165, 1.54) is 18.2 Å². The van der Waals surface area contributed by atoms with Gasteiger partial charge < -0.3 is 20.0 Å². The van der Waals surface area contributed by atoms with Gasteiger partial charge >= 0.3 is 6.03 Å². The molecule has 0 radical (unpaired) electrons. The van der Waals surface area contributed by atoms with Crippen molar-refractivity contribution in [2.75, 3.05) is 44.6 Å². The molecule has 1 atom stereocenters. The van der Waals surface area contributed by atoms with Gasteiger partial charge in [0, 0.05) is 49.7 Å². The van der Waals surface area contributed by atoms with Crippen molar-refractivity contribution in [2.24, 2.45) is 0 Å². The van der Waals surface area contributed by atoms with Crippen molar-refractivity contribution >= 4 is 35.3 Å². The highest BCUT2D eigenvalue weighted by Gasteiger charge is 2.29. The maximum atomic E-state index is 12.9. The summed E-state index contributed by atoms with van der Waals surface area (Å²) in [6, 6.07) is 5.59. The second-order valence-corrected chi connectivity index (χ2v) is 8.95. The lowest BCUT2D eigenvalue weighted by molar-refractivity contribution is -0.115. The first kappa shape index (κ1) is 19.1. The Labute approximate surface area is 169 Å². The maximum Gasteiger partial charge on any atom is 0.320 e. The Morgan fingerprint density at radius 2 is 1.61 bits per heavy atom. The van der Waals surface area contributed by atoms with E-state index >= 15 is 0 Å². The van der Waals surface area contributed by atoms with E-state index < -0.39 is 0 Å². The molecule has 7 nitrogen and oxygen atoms in total. The number of anilines is 1. The van der Waals surface area contributed by atoms with E-state index in [-0.39, 0.29) is 23.1 Å². The van der Waals surface area contributed by atoms with Gasteiger partial charge in [0.05, 0.1) is 10.9 Å². The molecular weight excluding hydrogens is 376 g/mol. The molecule has 1 N–H and O–H groups in total. The first-order valence-electron chi connectivity index (χ1n) is 9.97. The van der Waals surface area contributed by atoms with Gasteiger partial charge in [-0.15, -0.1) is 11.8 Å². The van der Waals surface area contributed by atoms with E-state index in [4.69, 9.17) is 0 Å². The fourth-order valence-electron chi connectivity index (χ4n) is 3.91. The highest BCUT2D eigenvalue weighted by molar-refractivity contribution is 8.00. The van der Waals surface area contributed by atoms with Gasteiger partial charge in [-0.2, -0.15) is 0 Å². The van der Waals surface area contributed by atoms with E-state index in [2.05, 4.69) is 5.32 Å². The molecule has 3 aliphatic heterocycles. The van der Waals surface area contributed by atoms with Crippen LogP contribution >= 0.6 is 11.8 Å². The van der Waals surface area contributed by atoms with E-state index in [9.17, 15) is 14.4 Å². The number of nitrogens with one attached hydrogen (secondary N) is 1. The molecule has 3 heterocycles. The molecule has 2 saturated heterocycles. The molecule has 4 amide bonds. The molecule has 1 aromatic carbocycles. The number of rotatable bonds is 1. The van der Waals surface area contributed by atoms with E-state index in [1.54, 1.807) is 11.0 Å². The van der Waals surface area contributed by atoms with Gasteiger partial charge in [-0.25, -0.2) is 4.79 Å². The standard InChI is InChI=1S/C20H26N4O3S/c1-14-18(25)21-16-13-15(5-6-17(16)28-14)19(26)22-9-11-24(12-10-22)20(27)23-7-3-2-4-8-23/h5-6,13-14H,2-4,7-12H2,1H3,(H,21,25). The summed E-state index contributed by atoms with van der Waals surface area (Å²) in [6.45, 7) is 5.76. The van der Waals surface area contributed by atoms with Crippen molar-refractivity contribution in [1.82, 2.24) is 14.7 Å². The molecule has 1 unspecified atom stereocenters. The molecule has 0 aliphatic carbocycles. The van der Waals surface area contributed by atoms with Crippen molar-refractivity contribution in [1.29, 1.82) is 0 Å². The number of piperazine rings is 1. The highest BCUT2D eigenvalue weighted by atomic mass is 32.2. The summed E-state index contributed by atoms with van der Waals surface area (Å²) in [5.41, 5.74) is 1.28. The largest absolute Gasteiger partial charge is 0.335 e. The summed E-state index contributed by atoms with van der Waals surface area (Å²) in [7, 11) is 0. The molecule has 0 bridgehead atoms. The summed E-state index contributed by atoms with van der Waals surface area (Å²) < 4.78 is 0. The number of thioether (sulfide) groups is 1.